The first-order valence-electron chi connectivity index (χ1n) is 13.0. The SMILES string of the molecule is O=S(=O)(C1CCCCC1)N1CC(CC2CCC2)CC1c1nc(CCCc2ccccc2)no1. The molecule has 0 radical (unpaired) electrons. The highest BCUT2D eigenvalue weighted by Gasteiger charge is 2.46. The molecule has 2 heterocycles. The average molecular weight is 472 g/mol. The third-order valence-corrected chi connectivity index (χ3v) is 10.4. The molecule has 2 aromatic rings. The monoisotopic (exact) mass is 471 g/mol. The lowest BCUT2D eigenvalue weighted by Crippen LogP contribution is -2.40. The van der Waals surface area contributed by atoms with Crippen LogP contribution in [0.2, 0.25) is 0 Å². The highest BCUT2D eigenvalue weighted by Crippen LogP contribution is 2.44. The molecule has 0 amide bonds. The van der Waals surface area contributed by atoms with Crippen molar-refractivity contribution in [1.82, 2.24) is 14.4 Å². The van der Waals surface area contributed by atoms with Gasteiger partial charge in [0.15, 0.2) is 5.82 Å². The quantitative estimate of drug-likeness (QED) is 0.485. The van der Waals surface area contributed by atoms with Crippen LogP contribution in [0.1, 0.15) is 93.9 Å². The summed E-state index contributed by atoms with van der Waals surface area (Å²) in [7, 11) is -3.35. The van der Waals surface area contributed by atoms with E-state index in [-0.39, 0.29) is 11.3 Å². The molecule has 3 aliphatic rings. The second-order valence-electron chi connectivity index (χ2n) is 10.4. The first-order valence-corrected chi connectivity index (χ1v) is 14.5. The van der Waals surface area contributed by atoms with Crippen LogP contribution in [0.4, 0.5) is 0 Å². The van der Waals surface area contributed by atoms with Gasteiger partial charge in [0.2, 0.25) is 15.9 Å². The molecular formula is C26H37N3O3S. The molecule has 0 N–H and O–H groups in total. The first-order chi connectivity index (χ1) is 16.1. The van der Waals surface area contributed by atoms with Gasteiger partial charge in [-0.05, 0) is 55.9 Å². The molecule has 5 rings (SSSR count). The van der Waals surface area contributed by atoms with Gasteiger partial charge in [-0.15, -0.1) is 0 Å². The predicted octanol–water partition coefficient (Wildman–Crippen LogP) is 5.46. The van der Waals surface area contributed by atoms with Crippen LogP contribution in [0, 0.1) is 11.8 Å². The van der Waals surface area contributed by atoms with Crippen molar-refractivity contribution in [2.24, 2.45) is 11.8 Å². The number of nitrogens with zero attached hydrogens (tertiary/aromatic N) is 3. The Morgan fingerprint density at radius 2 is 1.73 bits per heavy atom. The molecule has 33 heavy (non-hydrogen) atoms. The van der Waals surface area contributed by atoms with E-state index in [0.717, 1.165) is 70.1 Å². The van der Waals surface area contributed by atoms with Gasteiger partial charge in [-0.3, -0.25) is 0 Å². The standard InChI is InChI=1S/C26H37N3O3S/c30-33(31,23-14-5-2-6-15-23)29-19-22(17-21-12-7-13-21)18-24(29)26-27-25(28-32-26)16-8-11-20-9-3-1-4-10-20/h1,3-4,9-10,21-24H,2,5-8,11-19H2. The molecule has 180 valence electrons. The molecule has 1 aromatic carbocycles. The fourth-order valence-electron chi connectivity index (χ4n) is 5.92. The molecule has 0 bridgehead atoms. The summed E-state index contributed by atoms with van der Waals surface area (Å²) < 4.78 is 34.8. The van der Waals surface area contributed by atoms with Crippen molar-refractivity contribution in [2.45, 2.75) is 94.8 Å². The second-order valence-corrected chi connectivity index (χ2v) is 12.6. The van der Waals surface area contributed by atoms with Crippen LogP contribution < -0.4 is 0 Å². The Bertz CT molecular complexity index is 997. The number of aromatic nitrogens is 2. The molecule has 1 aromatic heterocycles. The number of sulfonamides is 1. The summed E-state index contributed by atoms with van der Waals surface area (Å²) in [5, 5.41) is 3.98. The summed E-state index contributed by atoms with van der Waals surface area (Å²) in [6.07, 6.45) is 13.3. The average Bonchev–Trinajstić information content (AvgIpc) is 3.45. The fourth-order valence-corrected chi connectivity index (χ4v) is 8.18. The minimum absolute atomic E-state index is 0.246. The predicted molar refractivity (Wildman–Crippen MR) is 128 cm³/mol. The number of aryl methyl sites for hydroxylation is 2. The van der Waals surface area contributed by atoms with Gasteiger partial charge in [0.05, 0.1) is 5.25 Å². The van der Waals surface area contributed by atoms with Gasteiger partial charge in [-0.2, -0.15) is 9.29 Å². The van der Waals surface area contributed by atoms with E-state index in [2.05, 4.69) is 29.4 Å². The number of hydrogen-bond donors (Lipinski definition) is 0. The summed E-state index contributed by atoms with van der Waals surface area (Å²) in [6, 6.07) is 10.1. The maximum atomic E-state index is 13.7. The Morgan fingerprint density at radius 1 is 0.939 bits per heavy atom. The van der Waals surface area contributed by atoms with Crippen LogP contribution in [0.3, 0.4) is 0 Å². The number of rotatable bonds is 9. The Kier molecular flexibility index (Phi) is 7.16. The zero-order chi connectivity index (χ0) is 22.7. The van der Waals surface area contributed by atoms with Crippen molar-refractivity contribution < 1.29 is 12.9 Å². The lowest BCUT2D eigenvalue weighted by molar-refractivity contribution is 0.252. The van der Waals surface area contributed by atoms with E-state index in [9.17, 15) is 8.42 Å². The Balaban J connectivity index is 1.28. The Morgan fingerprint density at radius 3 is 2.45 bits per heavy atom. The van der Waals surface area contributed by atoms with Crippen LogP contribution in [0.5, 0.6) is 0 Å². The topological polar surface area (TPSA) is 76.3 Å². The summed E-state index contributed by atoms with van der Waals surface area (Å²) >= 11 is 0. The number of hydrogen-bond acceptors (Lipinski definition) is 5. The van der Waals surface area contributed by atoms with Crippen LogP contribution in [-0.2, 0) is 22.9 Å². The van der Waals surface area contributed by atoms with Crippen LogP contribution in [0.25, 0.3) is 0 Å². The normalized spacial score (nSPS) is 25.3. The summed E-state index contributed by atoms with van der Waals surface area (Å²) in [6.45, 7) is 0.617. The van der Waals surface area contributed by atoms with Crippen molar-refractivity contribution in [3.05, 3.63) is 47.6 Å². The molecule has 0 spiro atoms. The van der Waals surface area contributed by atoms with Gasteiger partial charge in [-0.25, -0.2) is 8.42 Å². The van der Waals surface area contributed by atoms with E-state index in [4.69, 9.17) is 9.51 Å². The van der Waals surface area contributed by atoms with Crippen molar-refractivity contribution >= 4 is 10.0 Å². The Hall–Kier alpha value is -1.73. The van der Waals surface area contributed by atoms with Crippen molar-refractivity contribution in [2.75, 3.05) is 6.54 Å². The molecule has 2 saturated carbocycles. The lowest BCUT2D eigenvalue weighted by atomic mass is 9.78. The molecule has 2 unspecified atom stereocenters. The molecular weight excluding hydrogens is 434 g/mol. The fraction of sp³-hybridized carbons (Fsp3) is 0.692. The lowest BCUT2D eigenvalue weighted by Gasteiger charge is -2.30. The van der Waals surface area contributed by atoms with Crippen LogP contribution in [-0.4, -0.2) is 34.7 Å². The van der Waals surface area contributed by atoms with Gasteiger partial charge in [0.25, 0.3) is 0 Å². The Labute approximate surface area is 198 Å². The first kappa shape index (κ1) is 23.0. The van der Waals surface area contributed by atoms with Crippen LogP contribution in [0.15, 0.2) is 34.9 Å². The minimum Gasteiger partial charge on any atom is -0.338 e. The number of benzene rings is 1. The zero-order valence-electron chi connectivity index (χ0n) is 19.6. The summed E-state index contributed by atoms with van der Waals surface area (Å²) in [5.41, 5.74) is 1.31. The van der Waals surface area contributed by atoms with Gasteiger partial charge >= 0.3 is 0 Å². The molecule has 3 fully saturated rings. The molecule has 6 nitrogen and oxygen atoms in total. The highest BCUT2D eigenvalue weighted by molar-refractivity contribution is 7.89. The maximum Gasteiger partial charge on any atom is 0.245 e. The highest BCUT2D eigenvalue weighted by atomic mass is 32.2. The molecule has 7 heteroatoms. The van der Waals surface area contributed by atoms with Gasteiger partial charge in [0, 0.05) is 13.0 Å². The molecule has 2 aliphatic carbocycles. The van der Waals surface area contributed by atoms with E-state index in [0.29, 0.717) is 24.2 Å². The van der Waals surface area contributed by atoms with Crippen LogP contribution >= 0.6 is 0 Å². The zero-order valence-corrected chi connectivity index (χ0v) is 20.4. The van der Waals surface area contributed by atoms with E-state index in [1.165, 1.54) is 24.8 Å². The van der Waals surface area contributed by atoms with Crippen molar-refractivity contribution in [3.8, 4) is 0 Å². The summed E-state index contributed by atoms with van der Waals surface area (Å²) in [5.74, 6) is 2.36. The van der Waals surface area contributed by atoms with Crippen molar-refractivity contribution in [1.29, 1.82) is 0 Å². The molecule has 2 atom stereocenters. The largest absolute Gasteiger partial charge is 0.338 e. The maximum absolute atomic E-state index is 13.7. The smallest absolute Gasteiger partial charge is 0.245 e. The van der Waals surface area contributed by atoms with E-state index >= 15 is 0 Å². The van der Waals surface area contributed by atoms with Gasteiger partial charge in [-0.1, -0.05) is 74.0 Å². The second kappa shape index (κ2) is 10.3. The van der Waals surface area contributed by atoms with Crippen molar-refractivity contribution in [3.63, 3.8) is 0 Å². The molecule has 1 saturated heterocycles. The third kappa shape index (κ3) is 5.35. The van der Waals surface area contributed by atoms with Gasteiger partial charge in [0.1, 0.15) is 6.04 Å². The minimum atomic E-state index is -3.35. The molecule has 1 aliphatic heterocycles. The summed E-state index contributed by atoms with van der Waals surface area (Å²) in [4.78, 5) is 4.70. The van der Waals surface area contributed by atoms with Gasteiger partial charge < -0.3 is 4.52 Å². The van der Waals surface area contributed by atoms with E-state index in [1.807, 2.05) is 6.07 Å². The van der Waals surface area contributed by atoms with E-state index in [1.54, 1.807) is 4.31 Å². The van der Waals surface area contributed by atoms with E-state index < -0.39 is 10.0 Å². The third-order valence-electron chi connectivity index (χ3n) is 8.01.